The molecule has 0 aliphatic rings. The molecule has 0 aliphatic heterocycles. The van der Waals surface area contributed by atoms with E-state index in [2.05, 4.69) is 30.9 Å². The molecule has 3 aromatic carbocycles. The van der Waals surface area contributed by atoms with Crippen LogP contribution in [0.25, 0.3) is 10.9 Å². The zero-order valence-corrected chi connectivity index (χ0v) is 25.6. The first-order valence-corrected chi connectivity index (χ1v) is 15.3. The van der Waals surface area contributed by atoms with Gasteiger partial charge in [0, 0.05) is 54.7 Å². The van der Waals surface area contributed by atoms with Crippen molar-refractivity contribution in [1.29, 1.82) is 0 Å². The number of carboxylic acid groups (broad SMARTS) is 1. The fourth-order valence-corrected chi connectivity index (χ4v) is 5.39. The van der Waals surface area contributed by atoms with Crippen LogP contribution >= 0.6 is 0 Å². The highest BCUT2D eigenvalue weighted by Gasteiger charge is 2.31. The van der Waals surface area contributed by atoms with Gasteiger partial charge in [-0.05, 0) is 22.8 Å². The molecule has 0 aliphatic carbocycles. The highest BCUT2D eigenvalue weighted by Crippen LogP contribution is 2.19. The number of hydrogen-bond donors (Lipinski definition) is 7. The molecule has 12 nitrogen and oxygen atoms in total. The first kappa shape index (κ1) is 32.6. The van der Waals surface area contributed by atoms with Gasteiger partial charge in [0.05, 0.1) is 12.4 Å². The van der Waals surface area contributed by atoms with Crippen molar-refractivity contribution < 1.29 is 24.3 Å². The molecule has 12 heteroatoms. The van der Waals surface area contributed by atoms with Crippen molar-refractivity contribution >= 4 is 34.6 Å². The summed E-state index contributed by atoms with van der Waals surface area (Å²) in [5.74, 6) is -3.05. The molecular weight excluding hydrogens is 598 g/mol. The van der Waals surface area contributed by atoms with Crippen LogP contribution in [0.2, 0.25) is 0 Å². The predicted octanol–water partition coefficient (Wildman–Crippen LogP) is 2.03. The minimum absolute atomic E-state index is 0.0569. The standard InChI is InChI=1S/C35H37N7O5/c36-27(18-25-20-37-21-39-25)32(43)40-30(17-24-19-38-28-14-8-7-13-26(24)28)34(45)41-29(15-22-9-3-1-4-10-22)33(44)42-31(35(46)47)16-23-11-5-2-6-12-23/h1-14,19-21,27,29-31,38H,15-18,36H2,(H,37,39)(H,40,43)(H,41,45)(H,42,44)(H,46,47). The van der Waals surface area contributed by atoms with Crippen LogP contribution in [0.5, 0.6) is 0 Å². The van der Waals surface area contributed by atoms with Crippen molar-refractivity contribution in [3.05, 3.63) is 126 Å². The lowest BCUT2D eigenvalue weighted by Crippen LogP contribution is -2.58. The Morgan fingerprint density at radius 2 is 1.23 bits per heavy atom. The summed E-state index contributed by atoms with van der Waals surface area (Å²) in [4.78, 5) is 63.2. The summed E-state index contributed by atoms with van der Waals surface area (Å²) in [6.45, 7) is 0. The smallest absolute Gasteiger partial charge is 0.326 e. The van der Waals surface area contributed by atoms with E-state index in [1.165, 1.54) is 6.33 Å². The van der Waals surface area contributed by atoms with E-state index < -0.39 is 47.9 Å². The van der Waals surface area contributed by atoms with Crippen molar-refractivity contribution in [2.24, 2.45) is 5.73 Å². The van der Waals surface area contributed by atoms with Crippen LogP contribution in [0.15, 0.2) is 104 Å². The molecule has 47 heavy (non-hydrogen) atoms. The molecule has 0 spiro atoms. The number of carbonyl (C=O) groups is 4. The highest BCUT2D eigenvalue weighted by atomic mass is 16.4. The number of carboxylic acids is 1. The molecule has 0 saturated carbocycles. The molecule has 4 unspecified atom stereocenters. The number of aliphatic carboxylic acids is 1. The van der Waals surface area contributed by atoms with Crippen LogP contribution in [0.1, 0.15) is 22.4 Å². The maximum atomic E-state index is 14.0. The zero-order chi connectivity index (χ0) is 33.2. The average molecular weight is 636 g/mol. The van der Waals surface area contributed by atoms with Crippen molar-refractivity contribution in [3.63, 3.8) is 0 Å². The minimum Gasteiger partial charge on any atom is -0.480 e. The van der Waals surface area contributed by atoms with Crippen LogP contribution in [-0.2, 0) is 44.9 Å². The van der Waals surface area contributed by atoms with Crippen molar-refractivity contribution in [1.82, 2.24) is 30.9 Å². The van der Waals surface area contributed by atoms with E-state index in [9.17, 15) is 24.3 Å². The maximum absolute atomic E-state index is 14.0. The largest absolute Gasteiger partial charge is 0.480 e. The number of para-hydroxylation sites is 1. The summed E-state index contributed by atoms with van der Waals surface area (Å²) in [5, 5.41) is 19.0. The molecule has 0 fully saturated rings. The summed E-state index contributed by atoms with van der Waals surface area (Å²) < 4.78 is 0. The van der Waals surface area contributed by atoms with E-state index in [0.29, 0.717) is 5.69 Å². The van der Waals surface area contributed by atoms with Gasteiger partial charge in [-0.3, -0.25) is 14.4 Å². The number of nitrogens with zero attached hydrogens (tertiary/aromatic N) is 1. The highest BCUT2D eigenvalue weighted by molar-refractivity contribution is 5.95. The average Bonchev–Trinajstić information content (AvgIpc) is 3.74. The molecule has 0 saturated heterocycles. The summed E-state index contributed by atoms with van der Waals surface area (Å²) in [5.41, 5.74) is 9.99. The number of amides is 3. The number of imidazole rings is 1. The Morgan fingerprint density at radius 1 is 0.681 bits per heavy atom. The lowest BCUT2D eigenvalue weighted by atomic mass is 10.0. The molecule has 3 amide bonds. The third-order valence-corrected chi connectivity index (χ3v) is 7.88. The minimum atomic E-state index is -1.23. The van der Waals surface area contributed by atoms with Gasteiger partial charge in [0.2, 0.25) is 17.7 Å². The molecule has 8 N–H and O–H groups in total. The number of hydrogen-bond acceptors (Lipinski definition) is 6. The monoisotopic (exact) mass is 635 g/mol. The van der Waals surface area contributed by atoms with E-state index in [1.54, 1.807) is 36.7 Å². The quantitative estimate of drug-likeness (QED) is 0.0914. The molecule has 0 radical (unpaired) electrons. The van der Waals surface area contributed by atoms with Crippen LogP contribution in [0, 0.1) is 0 Å². The molecule has 242 valence electrons. The normalized spacial score (nSPS) is 13.6. The summed E-state index contributed by atoms with van der Waals surface area (Å²) in [6, 6.07) is 21.1. The Labute approximate surface area is 271 Å². The SMILES string of the molecule is NC(Cc1cnc[nH]1)C(=O)NC(Cc1c[nH]c2ccccc12)C(=O)NC(Cc1ccccc1)C(=O)NC(Cc1ccccc1)C(=O)O. The van der Waals surface area contributed by atoms with E-state index >= 15 is 0 Å². The van der Waals surface area contributed by atoms with Gasteiger partial charge in [-0.2, -0.15) is 0 Å². The Kier molecular flexibility index (Phi) is 10.8. The topological polar surface area (TPSA) is 195 Å². The Hall–Kier alpha value is -5.75. The second kappa shape index (κ2) is 15.5. The number of fused-ring (bicyclic) bond motifs is 1. The van der Waals surface area contributed by atoms with Gasteiger partial charge >= 0.3 is 5.97 Å². The van der Waals surface area contributed by atoms with Crippen molar-refractivity contribution in [2.75, 3.05) is 0 Å². The van der Waals surface area contributed by atoms with Crippen LogP contribution in [-0.4, -0.2) is 67.9 Å². The number of aromatic amines is 2. The van der Waals surface area contributed by atoms with Crippen molar-refractivity contribution in [2.45, 2.75) is 49.9 Å². The predicted molar refractivity (Wildman–Crippen MR) is 176 cm³/mol. The van der Waals surface area contributed by atoms with E-state index in [-0.39, 0.29) is 25.7 Å². The number of aromatic nitrogens is 3. The number of benzene rings is 3. The van der Waals surface area contributed by atoms with Crippen LogP contribution < -0.4 is 21.7 Å². The molecule has 4 atom stereocenters. The van der Waals surface area contributed by atoms with Gasteiger partial charge in [-0.15, -0.1) is 0 Å². The maximum Gasteiger partial charge on any atom is 0.326 e. The second-order valence-electron chi connectivity index (χ2n) is 11.4. The Balaban J connectivity index is 1.38. The van der Waals surface area contributed by atoms with E-state index in [0.717, 1.165) is 27.6 Å². The van der Waals surface area contributed by atoms with Gasteiger partial charge in [0.1, 0.15) is 18.1 Å². The zero-order valence-electron chi connectivity index (χ0n) is 25.6. The Bertz CT molecular complexity index is 1790. The van der Waals surface area contributed by atoms with Gasteiger partial charge < -0.3 is 36.8 Å². The fourth-order valence-electron chi connectivity index (χ4n) is 5.39. The number of rotatable bonds is 15. The molecule has 5 aromatic rings. The summed E-state index contributed by atoms with van der Waals surface area (Å²) in [6.07, 6.45) is 5.24. The van der Waals surface area contributed by atoms with Gasteiger partial charge in [-0.25, -0.2) is 9.78 Å². The van der Waals surface area contributed by atoms with Gasteiger partial charge in [0.25, 0.3) is 0 Å². The first-order valence-electron chi connectivity index (χ1n) is 15.3. The third-order valence-electron chi connectivity index (χ3n) is 7.88. The molecule has 0 bridgehead atoms. The lowest BCUT2D eigenvalue weighted by Gasteiger charge is -2.25. The van der Waals surface area contributed by atoms with Crippen LogP contribution in [0.3, 0.4) is 0 Å². The number of carbonyl (C=O) groups excluding carboxylic acids is 3. The number of H-pyrrole nitrogens is 2. The number of nitrogens with two attached hydrogens (primary N) is 1. The van der Waals surface area contributed by atoms with Crippen molar-refractivity contribution in [3.8, 4) is 0 Å². The molecular formula is C35H37N7O5. The number of nitrogens with one attached hydrogen (secondary N) is 5. The van der Waals surface area contributed by atoms with E-state index in [1.807, 2.05) is 60.7 Å². The third kappa shape index (κ3) is 8.92. The fraction of sp³-hybridized carbons (Fsp3) is 0.229. The van der Waals surface area contributed by atoms with Gasteiger partial charge in [0.15, 0.2) is 0 Å². The van der Waals surface area contributed by atoms with Gasteiger partial charge in [-0.1, -0.05) is 78.9 Å². The summed E-state index contributed by atoms with van der Waals surface area (Å²) >= 11 is 0. The van der Waals surface area contributed by atoms with E-state index in [4.69, 9.17) is 5.73 Å². The summed E-state index contributed by atoms with van der Waals surface area (Å²) in [7, 11) is 0. The molecule has 5 rings (SSSR count). The van der Waals surface area contributed by atoms with Crippen LogP contribution in [0.4, 0.5) is 0 Å². The lowest BCUT2D eigenvalue weighted by molar-refractivity contribution is -0.142. The Morgan fingerprint density at radius 3 is 1.85 bits per heavy atom. The second-order valence-corrected chi connectivity index (χ2v) is 11.4. The first-order chi connectivity index (χ1) is 22.8. The molecule has 2 aromatic heterocycles. The molecule has 2 heterocycles.